The quantitative estimate of drug-likeness (QED) is 0.335. The van der Waals surface area contributed by atoms with Crippen LogP contribution in [0.15, 0.2) is 47.5 Å². The maximum Gasteiger partial charge on any atom is 0.193 e. The number of nitrogens with zero attached hydrogens (tertiary/aromatic N) is 2. The number of benzene rings is 2. The summed E-state index contributed by atoms with van der Waals surface area (Å²) in [4.78, 5) is 7.06. The number of morpholine rings is 1. The molecule has 0 atom stereocenters. The van der Waals surface area contributed by atoms with E-state index >= 15 is 0 Å². The van der Waals surface area contributed by atoms with E-state index in [2.05, 4.69) is 71.5 Å². The van der Waals surface area contributed by atoms with Crippen LogP contribution in [0.5, 0.6) is 0 Å². The fourth-order valence-corrected chi connectivity index (χ4v) is 3.61. The van der Waals surface area contributed by atoms with Gasteiger partial charge in [-0.05, 0) is 35.1 Å². The van der Waals surface area contributed by atoms with E-state index in [-0.39, 0.29) is 24.0 Å². The van der Waals surface area contributed by atoms with Crippen molar-refractivity contribution >= 4 is 35.6 Å². The lowest BCUT2D eigenvalue weighted by atomic mass is 10.0. The molecule has 0 aromatic heterocycles. The molecule has 5 nitrogen and oxygen atoms in total. The van der Waals surface area contributed by atoms with Crippen LogP contribution in [-0.4, -0.2) is 37.2 Å². The molecule has 1 fully saturated rings. The number of guanidine groups is 1. The zero-order chi connectivity index (χ0) is 19.8. The van der Waals surface area contributed by atoms with Crippen LogP contribution in [0, 0.1) is 0 Å². The zero-order valence-electron chi connectivity index (χ0n) is 17.5. The fraction of sp³-hybridized carbons (Fsp3) is 0.435. The van der Waals surface area contributed by atoms with Gasteiger partial charge in [0, 0.05) is 25.3 Å². The van der Waals surface area contributed by atoms with Gasteiger partial charge < -0.3 is 15.8 Å². The Labute approximate surface area is 191 Å². The highest BCUT2D eigenvalue weighted by Gasteiger charge is 2.13. The third kappa shape index (κ3) is 6.69. The Morgan fingerprint density at radius 1 is 0.966 bits per heavy atom. The number of hydrogen-bond donors (Lipinski definition) is 2. The number of rotatable bonds is 7. The molecule has 1 saturated heterocycles. The summed E-state index contributed by atoms with van der Waals surface area (Å²) in [7, 11) is 0. The Morgan fingerprint density at radius 2 is 1.55 bits per heavy atom. The Morgan fingerprint density at radius 3 is 2.17 bits per heavy atom. The van der Waals surface area contributed by atoms with Gasteiger partial charge in [0.2, 0.25) is 0 Å². The third-order valence-corrected chi connectivity index (χ3v) is 5.29. The molecular weight excluding hydrogens is 475 g/mol. The largest absolute Gasteiger partial charge is 0.379 e. The molecule has 1 heterocycles. The van der Waals surface area contributed by atoms with Crippen LogP contribution >= 0.6 is 24.0 Å². The smallest absolute Gasteiger partial charge is 0.193 e. The summed E-state index contributed by atoms with van der Waals surface area (Å²) in [5.41, 5.74) is 12.4. The minimum Gasteiger partial charge on any atom is -0.379 e. The topological polar surface area (TPSA) is 62.9 Å². The molecule has 1 aliphatic heterocycles. The first-order valence-corrected chi connectivity index (χ1v) is 10.3. The maximum absolute atomic E-state index is 6.25. The summed E-state index contributed by atoms with van der Waals surface area (Å²) < 4.78 is 5.45. The van der Waals surface area contributed by atoms with E-state index in [1.165, 1.54) is 22.3 Å². The fourth-order valence-electron chi connectivity index (χ4n) is 3.61. The van der Waals surface area contributed by atoms with Gasteiger partial charge in [0.15, 0.2) is 5.96 Å². The highest BCUT2D eigenvalue weighted by atomic mass is 127. The Hall–Kier alpha value is -1.64. The van der Waals surface area contributed by atoms with Crippen molar-refractivity contribution in [3.05, 3.63) is 64.7 Å². The Balaban J connectivity index is 0.00000300. The van der Waals surface area contributed by atoms with E-state index in [0.717, 1.165) is 51.4 Å². The number of halogens is 1. The number of hydrogen-bond acceptors (Lipinski definition) is 3. The molecule has 0 saturated carbocycles. The molecule has 2 aromatic carbocycles. The molecule has 2 aromatic rings. The minimum atomic E-state index is 0. The van der Waals surface area contributed by atoms with E-state index in [4.69, 9.17) is 10.5 Å². The van der Waals surface area contributed by atoms with Crippen molar-refractivity contribution in [2.45, 2.75) is 39.8 Å². The van der Waals surface area contributed by atoms with Crippen LogP contribution < -0.4 is 11.1 Å². The second kappa shape index (κ2) is 12.1. The summed E-state index contributed by atoms with van der Waals surface area (Å²) in [6.45, 7) is 9.42. The van der Waals surface area contributed by atoms with E-state index in [1.54, 1.807) is 0 Å². The van der Waals surface area contributed by atoms with Gasteiger partial charge in [0.05, 0.1) is 19.8 Å². The molecule has 0 unspecified atom stereocenters. The molecule has 0 aliphatic carbocycles. The van der Waals surface area contributed by atoms with Crippen LogP contribution in [0.4, 0.5) is 5.69 Å². The summed E-state index contributed by atoms with van der Waals surface area (Å²) in [5, 5.41) is 3.35. The van der Waals surface area contributed by atoms with Gasteiger partial charge in [-0.2, -0.15) is 0 Å². The molecule has 3 N–H and O–H groups in total. The van der Waals surface area contributed by atoms with Gasteiger partial charge in [0.1, 0.15) is 0 Å². The lowest BCUT2D eigenvalue weighted by Gasteiger charge is -2.27. The van der Waals surface area contributed by atoms with Crippen molar-refractivity contribution in [1.29, 1.82) is 0 Å². The van der Waals surface area contributed by atoms with Crippen LogP contribution in [0.2, 0.25) is 0 Å². The molecule has 3 rings (SSSR count). The first-order chi connectivity index (χ1) is 13.7. The predicted octanol–water partition coefficient (Wildman–Crippen LogP) is 4.19. The molecule has 1 aliphatic rings. The van der Waals surface area contributed by atoms with E-state index in [1.807, 2.05) is 0 Å². The monoisotopic (exact) mass is 508 g/mol. The molecule has 0 bridgehead atoms. The van der Waals surface area contributed by atoms with Crippen molar-refractivity contribution in [2.75, 3.05) is 31.6 Å². The normalized spacial score (nSPS) is 15.0. The van der Waals surface area contributed by atoms with E-state index in [9.17, 15) is 0 Å². The second-order valence-corrected chi connectivity index (χ2v) is 7.14. The molecule has 6 heteroatoms. The number of ether oxygens (including phenoxy) is 1. The van der Waals surface area contributed by atoms with E-state index in [0.29, 0.717) is 12.5 Å². The number of para-hydroxylation sites is 1. The van der Waals surface area contributed by atoms with Crippen molar-refractivity contribution in [3.8, 4) is 0 Å². The van der Waals surface area contributed by atoms with Crippen LogP contribution in [0.25, 0.3) is 0 Å². The third-order valence-electron chi connectivity index (χ3n) is 5.29. The molecule has 0 radical (unpaired) electrons. The lowest BCUT2D eigenvalue weighted by Crippen LogP contribution is -2.35. The van der Waals surface area contributed by atoms with Gasteiger partial charge in [-0.3, -0.25) is 4.90 Å². The highest BCUT2D eigenvalue weighted by molar-refractivity contribution is 14.0. The molecule has 0 spiro atoms. The van der Waals surface area contributed by atoms with E-state index < -0.39 is 0 Å². The number of nitrogens with one attached hydrogen (secondary N) is 1. The SMILES string of the molecule is CCc1cccc(CC)c1NC(N)=NCc1ccccc1CN1CCOCC1.I. The first kappa shape index (κ1) is 23.6. The van der Waals surface area contributed by atoms with Crippen LogP contribution in [0.1, 0.15) is 36.1 Å². The van der Waals surface area contributed by atoms with Crippen LogP contribution in [0.3, 0.4) is 0 Å². The molecule has 158 valence electrons. The number of nitrogens with two attached hydrogens (primary N) is 1. The first-order valence-electron chi connectivity index (χ1n) is 10.3. The standard InChI is InChI=1S/C23H32N4O.HI/c1-3-18-10-7-11-19(4-2)22(18)26-23(24)25-16-20-8-5-6-9-21(20)17-27-12-14-28-15-13-27;/h5-11H,3-4,12-17H2,1-2H3,(H3,24,25,26);1H. The van der Waals surface area contributed by atoms with Gasteiger partial charge in [-0.1, -0.05) is 56.3 Å². The molecule has 0 amide bonds. The van der Waals surface area contributed by atoms with Gasteiger partial charge in [0.25, 0.3) is 0 Å². The maximum atomic E-state index is 6.25. The highest BCUT2D eigenvalue weighted by Crippen LogP contribution is 2.22. The molecule has 29 heavy (non-hydrogen) atoms. The van der Waals surface area contributed by atoms with Crippen molar-refractivity contribution in [1.82, 2.24) is 4.90 Å². The average molecular weight is 508 g/mol. The summed E-state index contributed by atoms with van der Waals surface area (Å²) in [5.74, 6) is 0.469. The summed E-state index contributed by atoms with van der Waals surface area (Å²) >= 11 is 0. The number of aliphatic imine (C=N–C) groups is 1. The summed E-state index contributed by atoms with van der Waals surface area (Å²) in [6.07, 6.45) is 1.93. The Bertz CT molecular complexity index is 781. The number of anilines is 1. The minimum absolute atomic E-state index is 0. The van der Waals surface area contributed by atoms with Crippen molar-refractivity contribution in [3.63, 3.8) is 0 Å². The van der Waals surface area contributed by atoms with Gasteiger partial charge >= 0.3 is 0 Å². The van der Waals surface area contributed by atoms with Gasteiger partial charge in [-0.15, -0.1) is 24.0 Å². The van der Waals surface area contributed by atoms with Crippen LogP contribution in [-0.2, 0) is 30.7 Å². The lowest BCUT2D eigenvalue weighted by molar-refractivity contribution is 0.0341. The average Bonchev–Trinajstić information content (AvgIpc) is 2.74. The molecular formula is C23H33IN4O. The second-order valence-electron chi connectivity index (χ2n) is 7.14. The summed E-state index contributed by atoms with van der Waals surface area (Å²) in [6, 6.07) is 14.9. The number of aryl methyl sites for hydroxylation is 2. The van der Waals surface area contributed by atoms with Crippen molar-refractivity contribution < 1.29 is 4.74 Å². The van der Waals surface area contributed by atoms with Crippen molar-refractivity contribution in [2.24, 2.45) is 10.7 Å². The Kier molecular flexibility index (Phi) is 9.90. The van der Waals surface area contributed by atoms with Gasteiger partial charge in [-0.25, -0.2) is 4.99 Å². The zero-order valence-corrected chi connectivity index (χ0v) is 19.8. The predicted molar refractivity (Wildman–Crippen MR) is 132 cm³/mol.